The highest BCUT2D eigenvalue weighted by Gasteiger charge is 2.37. The molecule has 4 aromatic carbocycles. The van der Waals surface area contributed by atoms with Crippen LogP contribution in [0.25, 0.3) is 0 Å². The summed E-state index contributed by atoms with van der Waals surface area (Å²) in [5.41, 5.74) is 5.97. The van der Waals surface area contributed by atoms with Gasteiger partial charge in [-0.15, -0.1) is 0 Å². The monoisotopic (exact) mass is 593 g/mol. The van der Waals surface area contributed by atoms with Crippen LogP contribution in [0.3, 0.4) is 0 Å². The first kappa shape index (κ1) is 28.7. The highest BCUT2D eigenvalue weighted by Crippen LogP contribution is 2.39. The molecule has 6 rings (SSSR count). The minimum Gasteiger partial charge on any atom is -0.365 e. The second kappa shape index (κ2) is 11.0. The Kier molecular flexibility index (Phi) is 7.34. The number of hydrogen-bond acceptors (Lipinski definition) is 5. The summed E-state index contributed by atoms with van der Waals surface area (Å²) in [5, 5.41) is 0. The van der Waals surface area contributed by atoms with Crippen molar-refractivity contribution in [3.63, 3.8) is 0 Å². The first-order chi connectivity index (χ1) is 20.5. The van der Waals surface area contributed by atoms with Gasteiger partial charge in [-0.2, -0.15) is 0 Å². The Balaban J connectivity index is 1.38. The van der Waals surface area contributed by atoms with E-state index in [1.54, 1.807) is 30.3 Å². The maximum Gasteiger partial charge on any atom is 0.259 e. The average molecular weight is 594 g/mol. The summed E-state index contributed by atoms with van der Waals surface area (Å²) < 4.78 is 27.8. The Morgan fingerprint density at radius 3 is 2.37 bits per heavy atom. The van der Waals surface area contributed by atoms with Gasteiger partial charge in [0.05, 0.1) is 27.6 Å². The van der Waals surface area contributed by atoms with Gasteiger partial charge in [-0.3, -0.25) is 9.59 Å². The third-order valence-corrected chi connectivity index (χ3v) is 10.4. The van der Waals surface area contributed by atoms with Gasteiger partial charge in [-0.25, -0.2) is 8.42 Å². The summed E-state index contributed by atoms with van der Waals surface area (Å²) in [6.45, 7) is 10.0. The maximum atomic E-state index is 14.1. The molecule has 0 bridgehead atoms. The molecule has 43 heavy (non-hydrogen) atoms. The van der Waals surface area contributed by atoms with Crippen LogP contribution in [0.4, 0.5) is 11.4 Å². The van der Waals surface area contributed by atoms with Crippen LogP contribution in [-0.4, -0.2) is 50.8 Å². The molecule has 8 heteroatoms. The number of benzene rings is 4. The summed E-state index contributed by atoms with van der Waals surface area (Å²) in [5.74, 6) is -0.597. The van der Waals surface area contributed by atoms with Gasteiger partial charge in [0.2, 0.25) is 9.84 Å². The number of anilines is 2. The van der Waals surface area contributed by atoms with Crippen molar-refractivity contribution >= 4 is 33.0 Å². The minimum absolute atomic E-state index is 0.0188. The second-order valence-corrected chi connectivity index (χ2v) is 13.5. The fourth-order valence-corrected chi connectivity index (χ4v) is 7.78. The van der Waals surface area contributed by atoms with E-state index in [1.807, 2.05) is 43.0 Å². The Labute approximate surface area is 253 Å². The lowest BCUT2D eigenvalue weighted by Gasteiger charge is -2.41. The summed E-state index contributed by atoms with van der Waals surface area (Å²) in [6, 6.07) is 25.4. The molecule has 2 aliphatic heterocycles. The van der Waals surface area contributed by atoms with Crippen LogP contribution < -0.4 is 9.80 Å². The number of amides is 2. The topological polar surface area (TPSA) is 78.0 Å². The van der Waals surface area contributed by atoms with E-state index in [9.17, 15) is 18.0 Å². The number of rotatable bonds is 4. The van der Waals surface area contributed by atoms with Crippen LogP contribution in [0.15, 0.2) is 94.7 Å². The summed E-state index contributed by atoms with van der Waals surface area (Å²) in [6.07, 6.45) is 0. The number of piperazine rings is 1. The van der Waals surface area contributed by atoms with Crippen LogP contribution in [0.5, 0.6) is 0 Å². The van der Waals surface area contributed by atoms with E-state index in [-0.39, 0.29) is 39.5 Å². The lowest BCUT2D eigenvalue weighted by molar-refractivity contribution is 0.0726. The molecular formula is C35H35N3O4S. The van der Waals surface area contributed by atoms with Gasteiger partial charge in [0.25, 0.3) is 11.8 Å². The lowest BCUT2D eigenvalue weighted by atomic mass is 10.0. The molecule has 2 heterocycles. The minimum atomic E-state index is -4.03. The van der Waals surface area contributed by atoms with Gasteiger partial charge in [0.15, 0.2) is 0 Å². The van der Waals surface area contributed by atoms with Crippen molar-refractivity contribution in [1.82, 2.24) is 4.90 Å². The molecule has 0 aliphatic carbocycles. The number of carbonyl (C=O) groups is 2. The predicted octanol–water partition coefficient (Wildman–Crippen LogP) is 5.96. The zero-order valence-electron chi connectivity index (χ0n) is 24.9. The van der Waals surface area contributed by atoms with Gasteiger partial charge in [0.1, 0.15) is 0 Å². The SMILES string of the molecule is Cc1cccc(N2CCN(C(=O)c3ccc4c(c3)N(Cc3cc(C)ccc3C)C(=O)c3ccccc3S4(=O)=O)C[C@H]2C)c1. The fourth-order valence-electron chi connectivity index (χ4n) is 6.15. The highest BCUT2D eigenvalue weighted by atomic mass is 32.2. The summed E-state index contributed by atoms with van der Waals surface area (Å²) >= 11 is 0. The first-order valence-corrected chi connectivity index (χ1v) is 16.0. The Morgan fingerprint density at radius 2 is 1.60 bits per heavy atom. The van der Waals surface area contributed by atoms with E-state index < -0.39 is 15.7 Å². The van der Waals surface area contributed by atoms with Crippen molar-refractivity contribution in [2.75, 3.05) is 29.4 Å². The van der Waals surface area contributed by atoms with Crippen molar-refractivity contribution in [3.05, 3.63) is 118 Å². The predicted molar refractivity (Wildman–Crippen MR) is 169 cm³/mol. The zero-order chi connectivity index (χ0) is 30.5. The van der Waals surface area contributed by atoms with E-state index in [2.05, 4.69) is 36.9 Å². The van der Waals surface area contributed by atoms with E-state index in [4.69, 9.17) is 0 Å². The lowest BCUT2D eigenvalue weighted by Crippen LogP contribution is -2.53. The molecule has 0 N–H and O–H groups in total. The molecule has 0 unspecified atom stereocenters. The average Bonchev–Trinajstić information content (AvgIpc) is 3.06. The number of sulfone groups is 1. The maximum absolute atomic E-state index is 14.1. The third kappa shape index (κ3) is 5.20. The highest BCUT2D eigenvalue weighted by molar-refractivity contribution is 7.91. The van der Waals surface area contributed by atoms with Crippen LogP contribution in [-0.2, 0) is 16.4 Å². The molecule has 1 atom stereocenters. The number of nitrogens with zero attached hydrogens (tertiary/aromatic N) is 3. The third-order valence-electron chi connectivity index (χ3n) is 8.52. The number of aryl methyl sites for hydroxylation is 3. The van der Waals surface area contributed by atoms with Gasteiger partial charge in [-0.1, -0.05) is 48.0 Å². The standard InChI is InChI=1S/C35H35N3O4S/c1-23-8-7-9-29(19-23)37-17-16-36(21-26(37)4)34(39)27-14-15-33-31(20-27)38(22-28-18-24(2)12-13-25(28)3)35(40)30-10-5-6-11-32(30)43(33,41)42/h5-15,18-20,26H,16-17,21-22H2,1-4H3/t26-/m1/s1. The van der Waals surface area contributed by atoms with Crippen LogP contribution in [0.1, 0.15) is 49.9 Å². The second-order valence-electron chi connectivity index (χ2n) is 11.6. The summed E-state index contributed by atoms with van der Waals surface area (Å²) in [4.78, 5) is 33.6. The molecule has 1 saturated heterocycles. The normalized spacial score (nSPS) is 17.7. The van der Waals surface area contributed by atoms with Crippen LogP contribution in [0, 0.1) is 20.8 Å². The van der Waals surface area contributed by atoms with Crippen molar-refractivity contribution in [2.45, 2.75) is 50.1 Å². The van der Waals surface area contributed by atoms with Crippen molar-refractivity contribution in [3.8, 4) is 0 Å². The van der Waals surface area contributed by atoms with E-state index in [0.29, 0.717) is 25.2 Å². The molecule has 220 valence electrons. The number of hydrogen-bond donors (Lipinski definition) is 0. The molecule has 0 saturated carbocycles. The molecule has 0 spiro atoms. The van der Waals surface area contributed by atoms with Gasteiger partial charge in [-0.05, 0) is 86.8 Å². The Morgan fingerprint density at radius 1 is 0.837 bits per heavy atom. The van der Waals surface area contributed by atoms with Crippen LogP contribution >= 0.6 is 0 Å². The van der Waals surface area contributed by atoms with Gasteiger partial charge in [0, 0.05) is 36.9 Å². The summed E-state index contributed by atoms with van der Waals surface area (Å²) in [7, 11) is -4.03. The first-order valence-electron chi connectivity index (χ1n) is 14.5. The molecule has 7 nitrogen and oxygen atoms in total. The molecule has 0 radical (unpaired) electrons. The Hall–Kier alpha value is -4.43. The molecule has 4 aromatic rings. The largest absolute Gasteiger partial charge is 0.365 e. The molecular weight excluding hydrogens is 558 g/mol. The fraction of sp³-hybridized carbons (Fsp3) is 0.257. The van der Waals surface area contributed by atoms with Gasteiger partial charge >= 0.3 is 0 Å². The number of fused-ring (bicyclic) bond motifs is 2. The smallest absolute Gasteiger partial charge is 0.259 e. The molecule has 2 aliphatic rings. The van der Waals surface area contributed by atoms with E-state index in [1.165, 1.54) is 22.6 Å². The van der Waals surface area contributed by atoms with Crippen LogP contribution in [0.2, 0.25) is 0 Å². The molecule has 2 amide bonds. The van der Waals surface area contributed by atoms with E-state index in [0.717, 1.165) is 22.4 Å². The van der Waals surface area contributed by atoms with Crippen molar-refractivity contribution in [1.29, 1.82) is 0 Å². The Bertz CT molecular complexity index is 1870. The quantitative estimate of drug-likeness (QED) is 0.292. The van der Waals surface area contributed by atoms with Crippen molar-refractivity contribution < 1.29 is 18.0 Å². The van der Waals surface area contributed by atoms with Crippen molar-refractivity contribution in [2.24, 2.45) is 0 Å². The van der Waals surface area contributed by atoms with Gasteiger partial charge < -0.3 is 14.7 Å². The molecule has 0 aromatic heterocycles. The number of carbonyl (C=O) groups excluding carboxylic acids is 2. The van der Waals surface area contributed by atoms with E-state index >= 15 is 0 Å². The molecule has 1 fully saturated rings. The zero-order valence-corrected chi connectivity index (χ0v) is 25.7.